The summed E-state index contributed by atoms with van der Waals surface area (Å²) in [6.45, 7) is 0.761. The number of nitrogens with one attached hydrogen (secondary N) is 1. The van der Waals surface area contributed by atoms with E-state index in [-0.39, 0.29) is 5.57 Å². The molecule has 0 aliphatic heterocycles. The highest BCUT2D eigenvalue weighted by Crippen LogP contribution is 2.33. The van der Waals surface area contributed by atoms with Crippen LogP contribution in [0.4, 0.5) is 0 Å². The zero-order chi connectivity index (χ0) is 22.9. The zero-order valence-electron chi connectivity index (χ0n) is 17.3. The third kappa shape index (κ3) is 6.58. The number of ether oxygens (including phenoxy) is 2. The first kappa shape index (κ1) is 23.8. The number of halogens is 2. The Bertz CT molecular complexity index is 1130. The van der Waals surface area contributed by atoms with Gasteiger partial charge >= 0.3 is 0 Å². The van der Waals surface area contributed by atoms with Crippen LogP contribution in [0, 0.1) is 14.9 Å². The molecule has 1 amide bonds. The molecule has 0 fully saturated rings. The lowest BCUT2D eigenvalue weighted by Crippen LogP contribution is -2.23. The summed E-state index contributed by atoms with van der Waals surface area (Å²) in [6.07, 6.45) is 1.57. The van der Waals surface area contributed by atoms with Gasteiger partial charge in [0.15, 0.2) is 0 Å². The third-order valence-electron chi connectivity index (χ3n) is 4.53. The van der Waals surface area contributed by atoms with E-state index in [1.165, 1.54) is 0 Å². The minimum atomic E-state index is -0.432. The first-order chi connectivity index (χ1) is 15.5. The van der Waals surface area contributed by atoms with Crippen LogP contribution in [0.25, 0.3) is 6.08 Å². The standard InChI is InChI=1S/C25H20BrIN2O3/c1-31-21-9-7-17(8-10-21)15-29-25(30)20(14-28)11-19-12-22(26)24(23(27)13-19)32-16-18-5-3-2-4-6-18/h2-13H,15-16H2,1H3,(H,29,30). The lowest BCUT2D eigenvalue weighted by atomic mass is 10.1. The Hall–Kier alpha value is -2.83. The van der Waals surface area contributed by atoms with E-state index in [2.05, 4.69) is 43.8 Å². The van der Waals surface area contributed by atoms with Crippen molar-refractivity contribution in [2.75, 3.05) is 7.11 Å². The smallest absolute Gasteiger partial charge is 0.262 e. The molecule has 0 heterocycles. The van der Waals surface area contributed by atoms with Crippen LogP contribution in [0.5, 0.6) is 11.5 Å². The quantitative estimate of drug-likeness (QED) is 0.199. The van der Waals surface area contributed by atoms with E-state index in [0.717, 1.165) is 30.5 Å². The van der Waals surface area contributed by atoms with Gasteiger partial charge in [-0.2, -0.15) is 5.26 Å². The molecule has 0 radical (unpaired) electrons. The number of carbonyl (C=O) groups excluding carboxylic acids is 1. The van der Waals surface area contributed by atoms with Gasteiger partial charge in [0.1, 0.15) is 29.7 Å². The van der Waals surface area contributed by atoms with Crippen LogP contribution >= 0.6 is 38.5 Å². The average molecular weight is 603 g/mol. The fourth-order valence-electron chi connectivity index (χ4n) is 2.87. The van der Waals surface area contributed by atoms with Crippen molar-refractivity contribution in [3.63, 3.8) is 0 Å². The molecule has 0 aliphatic carbocycles. The number of amides is 1. The predicted octanol–water partition coefficient (Wildman–Crippen LogP) is 5.86. The Balaban J connectivity index is 1.68. The Morgan fingerprint density at radius 1 is 1.12 bits per heavy atom. The number of hydrogen-bond donors (Lipinski definition) is 1. The van der Waals surface area contributed by atoms with Crippen molar-refractivity contribution in [2.45, 2.75) is 13.2 Å². The molecule has 0 spiro atoms. The highest BCUT2D eigenvalue weighted by molar-refractivity contribution is 14.1. The van der Waals surface area contributed by atoms with Crippen LogP contribution in [0.3, 0.4) is 0 Å². The number of carbonyl (C=O) groups is 1. The van der Waals surface area contributed by atoms with Gasteiger partial charge in [0.25, 0.3) is 5.91 Å². The molecule has 0 unspecified atom stereocenters. The molecule has 0 atom stereocenters. The summed E-state index contributed by atoms with van der Waals surface area (Å²) in [7, 11) is 1.60. The van der Waals surface area contributed by atoms with Gasteiger partial charge < -0.3 is 14.8 Å². The van der Waals surface area contributed by atoms with E-state index >= 15 is 0 Å². The summed E-state index contributed by atoms with van der Waals surface area (Å²) >= 11 is 5.72. The van der Waals surface area contributed by atoms with Crippen LogP contribution in [0.1, 0.15) is 16.7 Å². The fraction of sp³-hybridized carbons (Fsp3) is 0.120. The molecule has 1 N–H and O–H groups in total. The second-order valence-corrected chi connectivity index (χ2v) is 8.81. The maximum absolute atomic E-state index is 12.5. The van der Waals surface area contributed by atoms with Crippen molar-refractivity contribution in [3.05, 3.63) is 97.0 Å². The number of nitrogens with zero attached hydrogens (tertiary/aromatic N) is 1. The minimum Gasteiger partial charge on any atom is -0.497 e. The monoisotopic (exact) mass is 602 g/mol. The van der Waals surface area contributed by atoms with Gasteiger partial charge in [0.05, 0.1) is 15.2 Å². The number of benzene rings is 3. The van der Waals surface area contributed by atoms with Gasteiger partial charge in [0.2, 0.25) is 0 Å². The van der Waals surface area contributed by atoms with Crippen LogP contribution in [0.2, 0.25) is 0 Å². The first-order valence-electron chi connectivity index (χ1n) is 9.69. The number of nitriles is 1. The van der Waals surface area contributed by atoms with Gasteiger partial charge in [-0.05, 0) is 85.6 Å². The van der Waals surface area contributed by atoms with E-state index in [1.807, 2.05) is 72.8 Å². The summed E-state index contributed by atoms with van der Waals surface area (Å²) in [5.74, 6) is 1.03. The molecule has 0 saturated carbocycles. The SMILES string of the molecule is COc1ccc(CNC(=O)C(C#N)=Cc2cc(Br)c(OCc3ccccc3)c(I)c2)cc1. The molecule has 0 aromatic heterocycles. The molecule has 0 aliphatic rings. The number of hydrogen-bond acceptors (Lipinski definition) is 4. The summed E-state index contributed by atoms with van der Waals surface area (Å²) < 4.78 is 12.7. The number of methoxy groups -OCH3 is 1. The molecular weight excluding hydrogens is 583 g/mol. The summed E-state index contributed by atoms with van der Waals surface area (Å²) in [5.41, 5.74) is 2.73. The van der Waals surface area contributed by atoms with Crippen molar-refractivity contribution in [1.82, 2.24) is 5.32 Å². The van der Waals surface area contributed by atoms with Crippen molar-refractivity contribution >= 4 is 50.5 Å². The molecule has 0 saturated heterocycles. The molecule has 162 valence electrons. The number of rotatable bonds is 8. The summed E-state index contributed by atoms with van der Waals surface area (Å²) in [4.78, 5) is 12.5. The van der Waals surface area contributed by atoms with Gasteiger partial charge in [-0.1, -0.05) is 42.5 Å². The molecule has 0 bridgehead atoms. The Labute approximate surface area is 209 Å². The lowest BCUT2D eigenvalue weighted by molar-refractivity contribution is -0.117. The Morgan fingerprint density at radius 3 is 2.47 bits per heavy atom. The van der Waals surface area contributed by atoms with E-state index in [4.69, 9.17) is 9.47 Å². The molecule has 32 heavy (non-hydrogen) atoms. The normalized spacial score (nSPS) is 10.9. The van der Waals surface area contributed by atoms with Crippen LogP contribution in [-0.2, 0) is 17.9 Å². The summed E-state index contributed by atoms with van der Waals surface area (Å²) in [5, 5.41) is 12.3. The first-order valence-corrected chi connectivity index (χ1v) is 11.6. The maximum atomic E-state index is 12.5. The summed E-state index contributed by atoms with van der Waals surface area (Å²) in [6, 6.07) is 23.0. The van der Waals surface area contributed by atoms with E-state index in [9.17, 15) is 10.1 Å². The van der Waals surface area contributed by atoms with Gasteiger partial charge in [-0.15, -0.1) is 0 Å². The Kier molecular flexibility index (Phi) is 8.71. The van der Waals surface area contributed by atoms with Crippen molar-refractivity contribution < 1.29 is 14.3 Å². The van der Waals surface area contributed by atoms with Crippen molar-refractivity contribution in [3.8, 4) is 17.6 Å². The van der Waals surface area contributed by atoms with Gasteiger partial charge in [-0.25, -0.2) is 0 Å². The topological polar surface area (TPSA) is 71.3 Å². The van der Waals surface area contributed by atoms with Gasteiger partial charge in [-0.3, -0.25) is 4.79 Å². The van der Waals surface area contributed by atoms with Gasteiger partial charge in [0, 0.05) is 6.54 Å². The van der Waals surface area contributed by atoms with Crippen LogP contribution in [0.15, 0.2) is 76.8 Å². The van der Waals surface area contributed by atoms with Crippen molar-refractivity contribution in [1.29, 1.82) is 5.26 Å². The van der Waals surface area contributed by atoms with E-state index in [1.54, 1.807) is 13.2 Å². The molecule has 3 aromatic rings. The lowest BCUT2D eigenvalue weighted by Gasteiger charge is -2.12. The Morgan fingerprint density at radius 2 is 1.84 bits per heavy atom. The molecule has 7 heteroatoms. The predicted molar refractivity (Wildman–Crippen MR) is 136 cm³/mol. The largest absolute Gasteiger partial charge is 0.497 e. The third-order valence-corrected chi connectivity index (χ3v) is 5.93. The molecule has 5 nitrogen and oxygen atoms in total. The zero-order valence-corrected chi connectivity index (χ0v) is 21.0. The van der Waals surface area contributed by atoms with Crippen LogP contribution < -0.4 is 14.8 Å². The minimum absolute atomic E-state index is 0.0270. The maximum Gasteiger partial charge on any atom is 0.262 e. The van der Waals surface area contributed by atoms with Crippen LogP contribution in [-0.4, -0.2) is 13.0 Å². The highest BCUT2D eigenvalue weighted by atomic mass is 127. The second kappa shape index (κ2) is 11.7. The molecule has 3 rings (SSSR count). The van der Waals surface area contributed by atoms with E-state index < -0.39 is 5.91 Å². The fourth-order valence-corrected chi connectivity index (χ4v) is 4.64. The van der Waals surface area contributed by atoms with Crippen molar-refractivity contribution in [2.24, 2.45) is 0 Å². The highest BCUT2D eigenvalue weighted by Gasteiger charge is 2.12. The molecule has 3 aromatic carbocycles. The average Bonchev–Trinajstić information content (AvgIpc) is 2.81. The van der Waals surface area contributed by atoms with E-state index in [0.29, 0.717) is 18.9 Å². The molecular formula is C25H20BrIN2O3. The second-order valence-electron chi connectivity index (χ2n) is 6.79.